The summed E-state index contributed by atoms with van der Waals surface area (Å²) in [5.74, 6) is -1.27. The van der Waals surface area contributed by atoms with Gasteiger partial charge in [0.25, 0.3) is 0 Å². The minimum atomic E-state index is -4.49. The van der Waals surface area contributed by atoms with Gasteiger partial charge >= 0.3 is 17.2 Å². The summed E-state index contributed by atoms with van der Waals surface area (Å²) >= 11 is 14.4. The zero-order chi connectivity index (χ0) is 30.4. The van der Waals surface area contributed by atoms with Crippen LogP contribution in [0.3, 0.4) is 0 Å². The van der Waals surface area contributed by atoms with Crippen LogP contribution in [-0.2, 0) is 5.41 Å². The molecule has 0 spiro atoms. The Kier molecular flexibility index (Phi) is 8.17. The van der Waals surface area contributed by atoms with Crippen LogP contribution in [0.2, 0.25) is 0 Å². The van der Waals surface area contributed by atoms with Gasteiger partial charge in [-0.25, -0.2) is 23.8 Å². The minimum absolute atomic E-state index is 0.0898. The molecule has 0 aliphatic heterocycles. The van der Waals surface area contributed by atoms with Crippen LogP contribution >= 0.6 is 34.4 Å². The van der Waals surface area contributed by atoms with Gasteiger partial charge in [-0.1, -0.05) is 11.2 Å². The highest BCUT2D eigenvalue weighted by atomic mass is 35.6. The van der Waals surface area contributed by atoms with Crippen LogP contribution in [-0.4, -0.2) is 53.3 Å². The minimum Gasteiger partial charge on any atom is -0.393 e. The summed E-state index contributed by atoms with van der Waals surface area (Å²) in [5, 5.41) is 22.7. The third-order valence-corrected chi connectivity index (χ3v) is 6.96. The number of nitrogens with zero attached hydrogens (tertiary/aromatic N) is 5. The molecule has 5 N–H and O–H groups in total. The Labute approximate surface area is 249 Å². The zero-order valence-electron chi connectivity index (χ0n) is 21.2. The van der Waals surface area contributed by atoms with Gasteiger partial charge in [0, 0.05) is 11.6 Å². The first-order valence-electron chi connectivity index (χ1n) is 12.3. The summed E-state index contributed by atoms with van der Waals surface area (Å²) in [6.07, 6.45) is -2.88. The van der Waals surface area contributed by atoms with E-state index in [-0.39, 0.29) is 42.0 Å². The Hall–Kier alpha value is -3.34. The number of benzene rings is 1. The monoisotopic (exact) mass is 648 g/mol. The SMILES string of the molecule is ClB(Cl)Cl.Nc1ncnc2c1c(-c1ccc(NC(=O)Nc3cc(C4(C(F)(F)F)CC4)on3)c(F)c1)nn2C1CC(O)C1. The molecule has 2 aliphatic carbocycles. The van der Waals surface area contributed by atoms with E-state index in [1.54, 1.807) is 4.68 Å². The van der Waals surface area contributed by atoms with Crippen LogP contribution < -0.4 is 16.4 Å². The molecule has 2 fully saturated rings. The summed E-state index contributed by atoms with van der Waals surface area (Å²) in [4.78, 5) is 19.9. The van der Waals surface area contributed by atoms with Gasteiger partial charge in [-0.3, -0.25) is 5.32 Å². The summed E-state index contributed by atoms with van der Waals surface area (Å²) in [5.41, 5.74) is 4.93. The molecule has 0 radical (unpaired) electrons. The molecular formula is C23H20BCl3F4N8O3. The maximum atomic E-state index is 15.0. The van der Waals surface area contributed by atoms with Crippen molar-refractivity contribution in [3.8, 4) is 11.3 Å². The predicted molar refractivity (Wildman–Crippen MR) is 149 cm³/mol. The maximum absolute atomic E-state index is 15.0. The van der Waals surface area contributed by atoms with Gasteiger partial charge in [0.2, 0.25) is 0 Å². The number of aliphatic hydroxyl groups is 1. The second kappa shape index (κ2) is 11.4. The van der Waals surface area contributed by atoms with Crippen LogP contribution in [0.25, 0.3) is 22.3 Å². The van der Waals surface area contributed by atoms with E-state index in [1.807, 2.05) is 0 Å². The number of fused-ring (bicyclic) bond motifs is 1. The molecule has 0 atom stereocenters. The molecule has 1 aromatic carbocycles. The van der Waals surface area contributed by atoms with Crippen molar-refractivity contribution in [3.05, 3.63) is 42.2 Å². The number of carbonyl (C=O) groups excluding carboxylic acids is 1. The second-order valence-electron chi connectivity index (χ2n) is 9.71. The highest BCUT2D eigenvalue weighted by Gasteiger charge is 2.67. The summed E-state index contributed by atoms with van der Waals surface area (Å²) < 4.78 is 61.3. The third-order valence-electron chi connectivity index (χ3n) is 6.96. The Bertz CT molecular complexity index is 1620. The molecule has 0 bridgehead atoms. The fraction of sp³-hybridized carbons (Fsp3) is 0.348. The van der Waals surface area contributed by atoms with Gasteiger partial charge in [0.15, 0.2) is 17.2 Å². The number of nitrogens with one attached hydrogen (secondary N) is 2. The van der Waals surface area contributed by atoms with E-state index in [2.05, 4.69) is 30.9 Å². The first-order valence-corrected chi connectivity index (χ1v) is 13.6. The molecule has 4 aromatic rings. The first-order chi connectivity index (χ1) is 19.8. The number of nitrogen functional groups attached to an aromatic ring is 1. The van der Waals surface area contributed by atoms with Crippen LogP contribution in [0.4, 0.5) is 39.7 Å². The standard InChI is InChI=1S/C23H20F4N8O3.BCl3/c24-13-5-10(18-17-19(28)29-9-30-20(17)35(33-18)11-6-12(36)7-11)1-2-14(13)31-21(37)32-16-8-15(38-34-16)22(3-4-22)23(25,26)27;2-1(3)4/h1-2,5,8-9,11-12,36H,3-4,6-7H2,(H2,28,29,30)(H2,31,32,34,37);. The molecule has 19 heteroatoms. The lowest BCUT2D eigenvalue weighted by molar-refractivity contribution is -0.165. The van der Waals surface area contributed by atoms with E-state index in [1.165, 1.54) is 18.5 Å². The molecule has 6 rings (SSSR count). The van der Waals surface area contributed by atoms with Crippen molar-refractivity contribution in [1.29, 1.82) is 0 Å². The summed E-state index contributed by atoms with van der Waals surface area (Å²) in [7, 11) is 0. The molecule has 0 saturated heterocycles. The van der Waals surface area contributed by atoms with Gasteiger partial charge in [0.1, 0.15) is 29.1 Å². The number of aliphatic hydroxyl groups excluding tert-OH is 1. The van der Waals surface area contributed by atoms with E-state index in [0.717, 1.165) is 12.1 Å². The summed E-state index contributed by atoms with van der Waals surface area (Å²) in [6, 6.07) is 3.96. The third kappa shape index (κ3) is 5.93. The molecule has 222 valence electrons. The lowest BCUT2D eigenvalue weighted by Gasteiger charge is -2.31. The number of urea groups is 1. The highest BCUT2D eigenvalue weighted by Crippen LogP contribution is 2.59. The van der Waals surface area contributed by atoms with Gasteiger partial charge in [-0.05, 0) is 37.8 Å². The lowest BCUT2D eigenvalue weighted by atomic mass is 9.90. The predicted octanol–water partition coefficient (Wildman–Crippen LogP) is 5.82. The van der Waals surface area contributed by atoms with E-state index in [9.17, 15) is 27.5 Å². The Morgan fingerprint density at radius 1 is 1.17 bits per heavy atom. The molecule has 3 heterocycles. The molecule has 2 amide bonds. The molecular weight excluding hydrogens is 629 g/mol. The first kappa shape index (κ1) is 30.1. The largest absolute Gasteiger partial charge is 0.450 e. The maximum Gasteiger partial charge on any atom is 0.450 e. The number of nitrogens with two attached hydrogens (primary N) is 1. The zero-order valence-corrected chi connectivity index (χ0v) is 23.4. The van der Waals surface area contributed by atoms with Crippen LogP contribution in [0.1, 0.15) is 37.5 Å². The van der Waals surface area contributed by atoms with Gasteiger partial charge in [-0.15, -0.1) is 0 Å². The van der Waals surface area contributed by atoms with Crippen LogP contribution in [0, 0.1) is 5.82 Å². The molecule has 2 saturated carbocycles. The number of amides is 2. The normalized spacial score (nSPS) is 19.0. The molecule has 3 aromatic heterocycles. The van der Waals surface area contributed by atoms with Crippen molar-refractivity contribution in [2.45, 2.75) is 49.4 Å². The number of carbonyl (C=O) groups is 1. The molecule has 2 aliphatic rings. The number of rotatable bonds is 5. The molecule has 0 unspecified atom stereocenters. The Morgan fingerprint density at radius 3 is 2.45 bits per heavy atom. The van der Waals surface area contributed by atoms with Crippen molar-refractivity contribution < 1.29 is 32.0 Å². The number of anilines is 3. The van der Waals surface area contributed by atoms with Crippen LogP contribution in [0.5, 0.6) is 0 Å². The number of aromatic nitrogens is 5. The van der Waals surface area contributed by atoms with E-state index < -0.39 is 34.5 Å². The summed E-state index contributed by atoms with van der Waals surface area (Å²) in [6.45, 7) is 0. The number of hydrogen-bond acceptors (Lipinski definition) is 8. The van der Waals surface area contributed by atoms with Crippen molar-refractivity contribution in [3.63, 3.8) is 0 Å². The Balaban J connectivity index is 0.000000830. The number of alkyl halides is 3. The van der Waals surface area contributed by atoms with E-state index >= 15 is 0 Å². The van der Waals surface area contributed by atoms with Gasteiger partial charge in [0.05, 0.1) is 23.2 Å². The smallest absolute Gasteiger partial charge is 0.393 e. The average Bonchev–Trinajstić information content (AvgIpc) is 3.44. The number of halogens is 7. The van der Waals surface area contributed by atoms with E-state index in [4.69, 9.17) is 44.6 Å². The van der Waals surface area contributed by atoms with Gasteiger partial charge < -0.3 is 20.7 Å². The van der Waals surface area contributed by atoms with Crippen molar-refractivity contribution >= 4 is 73.7 Å². The van der Waals surface area contributed by atoms with E-state index in [0.29, 0.717) is 35.1 Å². The van der Waals surface area contributed by atoms with Crippen molar-refractivity contribution in [2.24, 2.45) is 0 Å². The van der Waals surface area contributed by atoms with Crippen molar-refractivity contribution in [2.75, 3.05) is 16.4 Å². The highest BCUT2D eigenvalue weighted by molar-refractivity contribution is 7.54. The molecule has 42 heavy (non-hydrogen) atoms. The number of hydrogen-bond donors (Lipinski definition) is 4. The lowest BCUT2D eigenvalue weighted by Crippen LogP contribution is -2.31. The quantitative estimate of drug-likeness (QED) is 0.156. The second-order valence-corrected chi connectivity index (χ2v) is 11.7. The fourth-order valence-electron chi connectivity index (χ4n) is 4.60. The molecule has 11 nitrogen and oxygen atoms in total. The van der Waals surface area contributed by atoms with Crippen LogP contribution in [0.15, 0.2) is 35.1 Å². The average molecular weight is 650 g/mol. The topological polar surface area (TPSA) is 157 Å². The van der Waals surface area contributed by atoms with Crippen molar-refractivity contribution in [1.82, 2.24) is 24.9 Å². The Morgan fingerprint density at radius 2 is 1.86 bits per heavy atom. The fourth-order valence-corrected chi connectivity index (χ4v) is 4.60. The van der Waals surface area contributed by atoms with Gasteiger partial charge in [-0.2, -0.15) is 52.7 Å².